The van der Waals surface area contributed by atoms with Gasteiger partial charge >= 0.3 is 5.97 Å². The predicted octanol–water partition coefficient (Wildman–Crippen LogP) is 5.51. The summed E-state index contributed by atoms with van der Waals surface area (Å²) in [5, 5.41) is 2.41. The Bertz CT molecular complexity index is 1590. The summed E-state index contributed by atoms with van der Waals surface area (Å²) in [7, 11) is 0. The van der Waals surface area contributed by atoms with Gasteiger partial charge in [0, 0.05) is 45.8 Å². The third-order valence-electron chi connectivity index (χ3n) is 5.91. The van der Waals surface area contributed by atoms with Crippen molar-refractivity contribution in [3.05, 3.63) is 86.9 Å². The number of ether oxygens (including phenoxy) is 2. The Balaban J connectivity index is 1.76. The van der Waals surface area contributed by atoms with Crippen molar-refractivity contribution in [2.24, 2.45) is 0 Å². The largest absolute Gasteiger partial charge is 0.476 e. The molecule has 5 rings (SSSR count). The summed E-state index contributed by atoms with van der Waals surface area (Å²) in [6.07, 6.45) is 5.87. The molecule has 7 heteroatoms. The van der Waals surface area contributed by atoms with Crippen molar-refractivity contribution in [2.75, 3.05) is 6.61 Å². The van der Waals surface area contributed by atoms with Gasteiger partial charge in [-0.1, -0.05) is 22.0 Å². The first-order chi connectivity index (χ1) is 16.3. The SMILES string of the molecule is CCOC(=O)C(C)(C)Oc1cc2c(=O)c(Cc3cccnc3)cn3c4ccc(Br)cc4c(c1)c23. The predicted molar refractivity (Wildman–Crippen MR) is 136 cm³/mol. The maximum absolute atomic E-state index is 13.6. The first kappa shape index (κ1) is 22.3. The normalized spacial score (nSPS) is 12.0. The number of carbonyl (C=O) groups is 1. The van der Waals surface area contributed by atoms with Gasteiger partial charge < -0.3 is 13.9 Å². The third kappa shape index (κ3) is 3.80. The molecule has 0 atom stereocenters. The zero-order valence-electron chi connectivity index (χ0n) is 19.1. The van der Waals surface area contributed by atoms with Gasteiger partial charge in [0.15, 0.2) is 11.0 Å². The van der Waals surface area contributed by atoms with Crippen LogP contribution in [0.3, 0.4) is 0 Å². The van der Waals surface area contributed by atoms with E-state index in [1.807, 2.05) is 42.6 Å². The summed E-state index contributed by atoms with van der Waals surface area (Å²) in [4.78, 5) is 30.3. The number of benzene rings is 2. The lowest BCUT2D eigenvalue weighted by Gasteiger charge is -2.24. The number of hydrogen-bond acceptors (Lipinski definition) is 5. The molecule has 0 radical (unpaired) electrons. The fourth-order valence-electron chi connectivity index (χ4n) is 4.37. The molecule has 2 aromatic carbocycles. The van der Waals surface area contributed by atoms with E-state index >= 15 is 0 Å². The van der Waals surface area contributed by atoms with Crippen molar-refractivity contribution < 1.29 is 14.3 Å². The standard InChI is InChI=1S/C27H23BrN2O4/c1-4-33-26(32)27(2,3)34-19-12-21-20-11-18(28)7-8-23(20)30-15-17(10-16-6-5-9-29-14-16)25(31)22(13-19)24(21)30/h5-9,11-15H,4,10H2,1-3H3. The summed E-state index contributed by atoms with van der Waals surface area (Å²) in [6.45, 7) is 5.34. The Morgan fingerprint density at radius 1 is 1.12 bits per heavy atom. The quantitative estimate of drug-likeness (QED) is 0.277. The minimum absolute atomic E-state index is 0.0670. The van der Waals surface area contributed by atoms with Crippen LogP contribution in [0.15, 0.2) is 70.3 Å². The van der Waals surface area contributed by atoms with Crippen molar-refractivity contribution in [3.8, 4) is 5.75 Å². The Labute approximate surface area is 204 Å². The van der Waals surface area contributed by atoms with Gasteiger partial charge in [-0.15, -0.1) is 0 Å². The summed E-state index contributed by atoms with van der Waals surface area (Å²) in [5.74, 6) is -0.0204. The summed E-state index contributed by atoms with van der Waals surface area (Å²) in [6, 6.07) is 13.5. The van der Waals surface area contributed by atoms with E-state index in [2.05, 4.69) is 25.3 Å². The molecule has 5 aromatic rings. The van der Waals surface area contributed by atoms with Crippen LogP contribution in [0.25, 0.3) is 27.2 Å². The molecular formula is C27H23BrN2O4. The van der Waals surface area contributed by atoms with Crippen LogP contribution in [-0.2, 0) is 16.0 Å². The van der Waals surface area contributed by atoms with E-state index in [1.165, 1.54) is 0 Å². The van der Waals surface area contributed by atoms with Gasteiger partial charge in [-0.3, -0.25) is 9.78 Å². The van der Waals surface area contributed by atoms with E-state index in [0.717, 1.165) is 31.8 Å². The van der Waals surface area contributed by atoms with Crippen molar-refractivity contribution in [1.29, 1.82) is 0 Å². The van der Waals surface area contributed by atoms with Crippen LogP contribution in [0.4, 0.5) is 0 Å². The van der Waals surface area contributed by atoms with Crippen molar-refractivity contribution in [1.82, 2.24) is 9.38 Å². The molecule has 0 aliphatic rings. The number of carbonyl (C=O) groups excluding carboxylic acids is 1. The minimum Gasteiger partial charge on any atom is -0.476 e. The van der Waals surface area contributed by atoms with Crippen LogP contribution in [0.2, 0.25) is 0 Å². The zero-order valence-corrected chi connectivity index (χ0v) is 20.7. The molecule has 0 aliphatic carbocycles. The second kappa shape index (κ2) is 8.40. The molecule has 0 saturated carbocycles. The zero-order chi connectivity index (χ0) is 24.0. The van der Waals surface area contributed by atoms with E-state index in [4.69, 9.17) is 9.47 Å². The average molecular weight is 519 g/mol. The number of fused-ring (bicyclic) bond motifs is 3. The van der Waals surface area contributed by atoms with E-state index in [1.54, 1.807) is 39.2 Å². The Morgan fingerprint density at radius 2 is 1.91 bits per heavy atom. The Morgan fingerprint density at radius 3 is 2.65 bits per heavy atom. The number of nitrogens with zero attached hydrogens (tertiary/aromatic N) is 2. The molecule has 0 saturated heterocycles. The van der Waals surface area contributed by atoms with E-state index in [9.17, 15) is 9.59 Å². The highest BCUT2D eigenvalue weighted by molar-refractivity contribution is 9.10. The summed E-state index contributed by atoms with van der Waals surface area (Å²) < 4.78 is 14.3. The molecule has 0 spiro atoms. The van der Waals surface area contributed by atoms with Crippen molar-refractivity contribution >= 4 is 49.1 Å². The molecule has 0 amide bonds. The smallest absolute Gasteiger partial charge is 0.349 e. The monoisotopic (exact) mass is 518 g/mol. The van der Waals surface area contributed by atoms with Crippen LogP contribution in [-0.4, -0.2) is 27.6 Å². The van der Waals surface area contributed by atoms with Crippen LogP contribution in [0.5, 0.6) is 5.75 Å². The van der Waals surface area contributed by atoms with E-state index in [-0.39, 0.29) is 12.0 Å². The highest BCUT2D eigenvalue weighted by Gasteiger charge is 2.32. The lowest BCUT2D eigenvalue weighted by molar-refractivity contribution is -0.158. The number of pyridine rings is 2. The van der Waals surface area contributed by atoms with Crippen LogP contribution in [0, 0.1) is 0 Å². The van der Waals surface area contributed by atoms with Gasteiger partial charge in [-0.05, 0) is 62.7 Å². The molecule has 0 fully saturated rings. The molecule has 6 nitrogen and oxygen atoms in total. The first-order valence-corrected chi connectivity index (χ1v) is 11.9. The fraction of sp³-hybridized carbons (Fsp3) is 0.222. The first-order valence-electron chi connectivity index (χ1n) is 11.1. The Hall–Kier alpha value is -3.45. The van der Waals surface area contributed by atoms with Crippen LogP contribution in [0.1, 0.15) is 31.9 Å². The fourth-order valence-corrected chi connectivity index (χ4v) is 4.73. The van der Waals surface area contributed by atoms with Gasteiger partial charge in [-0.2, -0.15) is 0 Å². The van der Waals surface area contributed by atoms with Crippen LogP contribution >= 0.6 is 15.9 Å². The van der Waals surface area contributed by atoms with E-state index < -0.39 is 11.6 Å². The van der Waals surface area contributed by atoms with E-state index in [0.29, 0.717) is 23.1 Å². The minimum atomic E-state index is -1.21. The lowest BCUT2D eigenvalue weighted by atomic mass is 10.0. The van der Waals surface area contributed by atoms with Gasteiger partial charge in [0.05, 0.1) is 23.0 Å². The maximum atomic E-state index is 13.6. The maximum Gasteiger partial charge on any atom is 0.349 e. The number of halogens is 1. The number of hydrogen-bond donors (Lipinski definition) is 0. The topological polar surface area (TPSA) is 69.9 Å². The van der Waals surface area contributed by atoms with Gasteiger partial charge in [0.2, 0.25) is 0 Å². The van der Waals surface area contributed by atoms with Gasteiger partial charge in [-0.25, -0.2) is 4.79 Å². The lowest BCUT2D eigenvalue weighted by Crippen LogP contribution is -2.39. The van der Waals surface area contributed by atoms with Gasteiger partial charge in [0.1, 0.15) is 5.75 Å². The van der Waals surface area contributed by atoms with Crippen molar-refractivity contribution in [2.45, 2.75) is 32.8 Å². The number of rotatable bonds is 6. The van der Waals surface area contributed by atoms with Crippen molar-refractivity contribution in [3.63, 3.8) is 0 Å². The molecule has 3 aromatic heterocycles. The summed E-state index contributed by atoms with van der Waals surface area (Å²) >= 11 is 3.56. The highest BCUT2D eigenvalue weighted by atomic mass is 79.9. The summed E-state index contributed by atoms with van der Waals surface area (Å²) in [5.41, 5.74) is 2.15. The third-order valence-corrected chi connectivity index (χ3v) is 6.40. The molecule has 0 aliphatic heterocycles. The molecule has 0 unspecified atom stereocenters. The molecule has 172 valence electrons. The Kier molecular flexibility index (Phi) is 5.52. The molecule has 0 N–H and O–H groups in total. The second-order valence-corrected chi connectivity index (χ2v) is 9.67. The molecule has 0 bridgehead atoms. The average Bonchev–Trinajstić information content (AvgIpc) is 3.10. The molecule has 34 heavy (non-hydrogen) atoms. The highest BCUT2D eigenvalue weighted by Crippen LogP contribution is 2.36. The van der Waals surface area contributed by atoms with Gasteiger partial charge in [0.25, 0.3) is 0 Å². The molecular weight excluding hydrogens is 496 g/mol. The van der Waals surface area contributed by atoms with Crippen LogP contribution < -0.4 is 10.2 Å². The number of aromatic nitrogens is 2. The second-order valence-electron chi connectivity index (χ2n) is 8.75. The number of esters is 1. The molecule has 3 heterocycles.